The van der Waals surface area contributed by atoms with Gasteiger partial charge in [-0.3, -0.25) is 0 Å². The maximum absolute atomic E-state index is 6.43. The van der Waals surface area contributed by atoms with Crippen molar-refractivity contribution in [2.24, 2.45) is 7.05 Å². The third kappa shape index (κ3) is 2.79. The van der Waals surface area contributed by atoms with Crippen LogP contribution in [0.15, 0.2) is 77.5 Å². The van der Waals surface area contributed by atoms with Crippen molar-refractivity contribution >= 4 is 34.6 Å². The summed E-state index contributed by atoms with van der Waals surface area (Å²) in [5.74, 6) is 0. The van der Waals surface area contributed by atoms with Crippen LogP contribution in [0.25, 0.3) is 27.7 Å². The van der Waals surface area contributed by atoms with E-state index in [0.29, 0.717) is 0 Å². The monoisotopic (exact) mass is 379 g/mol. The van der Waals surface area contributed by atoms with Crippen LogP contribution in [0.2, 0.25) is 0 Å². The second kappa shape index (κ2) is 6.66. The Kier molecular flexibility index (Phi) is 4.09. The quantitative estimate of drug-likeness (QED) is 0.392. The molecular formula is C25H24BN2O+. The number of para-hydroxylation sites is 1. The van der Waals surface area contributed by atoms with E-state index in [-0.39, 0.29) is 6.85 Å². The van der Waals surface area contributed by atoms with Gasteiger partial charge in [-0.05, 0) is 49.9 Å². The highest BCUT2D eigenvalue weighted by molar-refractivity contribution is 6.82. The topological polar surface area (TPSA) is 20.3 Å². The normalized spacial score (nSPS) is 13.6. The van der Waals surface area contributed by atoms with Crippen LogP contribution >= 0.6 is 0 Å². The van der Waals surface area contributed by atoms with E-state index in [0.717, 1.165) is 11.2 Å². The first kappa shape index (κ1) is 17.8. The number of aromatic nitrogens is 1. The van der Waals surface area contributed by atoms with Crippen molar-refractivity contribution in [3.8, 4) is 11.1 Å². The zero-order chi connectivity index (χ0) is 20.1. The van der Waals surface area contributed by atoms with Crippen LogP contribution < -0.4 is 15.8 Å². The van der Waals surface area contributed by atoms with E-state index in [4.69, 9.17) is 4.42 Å². The molecule has 0 N–H and O–H groups in total. The van der Waals surface area contributed by atoms with Crippen LogP contribution in [-0.4, -0.2) is 18.7 Å². The first-order valence-electron chi connectivity index (χ1n) is 10.0. The van der Waals surface area contributed by atoms with Gasteiger partial charge in [0.1, 0.15) is 18.3 Å². The highest BCUT2D eigenvalue weighted by atomic mass is 16.3. The summed E-state index contributed by atoms with van der Waals surface area (Å²) in [6.45, 7) is 4.36. The second-order valence-corrected chi connectivity index (χ2v) is 7.99. The summed E-state index contributed by atoms with van der Waals surface area (Å²) in [4.78, 5) is 2.26. The number of benzene rings is 2. The van der Waals surface area contributed by atoms with Gasteiger partial charge < -0.3 is 9.23 Å². The van der Waals surface area contributed by atoms with Gasteiger partial charge in [-0.15, -0.1) is 0 Å². The van der Waals surface area contributed by atoms with E-state index in [1.807, 2.05) is 6.07 Å². The number of pyridine rings is 1. The number of nitrogens with zero attached hydrogens (tertiary/aromatic N) is 2. The summed E-state index contributed by atoms with van der Waals surface area (Å²) < 4.78 is 8.66. The number of aryl methyl sites for hydroxylation is 2. The zero-order valence-corrected chi connectivity index (χ0v) is 17.3. The van der Waals surface area contributed by atoms with E-state index in [2.05, 4.69) is 104 Å². The third-order valence-electron chi connectivity index (χ3n) is 5.95. The van der Waals surface area contributed by atoms with Gasteiger partial charge in [0, 0.05) is 22.6 Å². The Balaban J connectivity index is 1.75. The van der Waals surface area contributed by atoms with Crippen LogP contribution in [0.1, 0.15) is 18.1 Å². The third-order valence-corrected chi connectivity index (χ3v) is 5.95. The van der Waals surface area contributed by atoms with E-state index in [1.54, 1.807) is 0 Å². The fourth-order valence-corrected chi connectivity index (χ4v) is 4.63. The van der Waals surface area contributed by atoms with E-state index < -0.39 is 0 Å². The molecule has 0 bridgehead atoms. The molecule has 4 aromatic rings. The highest BCUT2D eigenvalue weighted by Crippen LogP contribution is 2.29. The fourth-order valence-electron chi connectivity index (χ4n) is 4.63. The zero-order valence-electron chi connectivity index (χ0n) is 17.3. The summed E-state index contributed by atoms with van der Waals surface area (Å²) in [6, 6.07) is 21.2. The molecule has 4 heteroatoms. The molecule has 0 aliphatic carbocycles. The van der Waals surface area contributed by atoms with Crippen LogP contribution in [0, 0.1) is 6.92 Å². The summed E-state index contributed by atoms with van der Waals surface area (Å²) in [6.07, 6.45) is 4.45. The molecule has 29 heavy (non-hydrogen) atoms. The lowest BCUT2D eigenvalue weighted by molar-refractivity contribution is -0.654. The van der Waals surface area contributed by atoms with Gasteiger partial charge in [0.15, 0.2) is 11.8 Å². The lowest BCUT2D eigenvalue weighted by atomic mass is 9.51. The molecule has 0 atom stereocenters. The minimum Gasteiger partial charge on any atom is -0.467 e. The maximum Gasteiger partial charge on any atom is 0.443 e. The predicted molar refractivity (Wildman–Crippen MR) is 120 cm³/mol. The molecule has 0 radical (unpaired) electrons. The van der Waals surface area contributed by atoms with Gasteiger partial charge in [0.25, 0.3) is 0 Å². The Morgan fingerprint density at radius 2 is 1.69 bits per heavy atom. The molecule has 0 unspecified atom stereocenters. The van der Waals surface area contributed by atoms with Gasteiger partial charge in [0.2, 0.25) is 0 Å². The Morgan fingerprint density at radius 1 is 0.966 bits per heavy atom. The molecule has 0 fully saturated rings. The first-order chi connectivity index (χ1) is 14.0. The molecule has 3 heterocycles. The van der Waals surface area contributed by atoms with Crippen LogP contribution in [0.4, 0.5) is 0 Å². The van der Waals surface area contributed by atoms with Crippen molar-refractivity contribution in [3.63, 3.8) is 0 Å². The molecule has 0 saturated carbocycles. The summed E-state index contributed by atoms with van der Waals surface area (Å²) in [5.41, 5.74) is 9.40. The standard InChI is InChI=1S/C25H24BN2O/c1-17-15-27(3)23(14-21(17)19-10-6-5-7-11-19)26-25-24(18(2)16-28(26)4)20-12-8-9-13-22(20)29-25/h5-16H,1-4H3/q+1. The Bertz CT molecular complexity index is 1260. The molecule has 2 aromatic heterocycles. The molecule has 1 aliphatic heterocycles. The summed E-state index contributed by atoms with van der Waals surface area (Å²) >= 11 is 0. The number of allylic oxidation sites excluding steroid dienone is 1. The molecule has 5 rings (SSSR count). The lowest BCUT2D eigenvalue weighted by Crippen LogP contribution is -2.65. The van der Waals surface area contributed by atoms with Gasteiger partial charge >= 0.3 is 6.85 Å². The smallest absolute Gasteiger partial charge is 0.443 e. The minimum absolute atomic E-state index is 0.0224. The maximum atomic E-state index is 6.43. The Hall–Kier alpha value is -3.27. The SMILES string of the molecule is CC1=CN(C)B(c2cc(-c3ccccc3)c(C)c[n+]2C)c2oc3ccccc3c21. The van der Waals surface area contributed by atoms with Crippen molar-refractivity contribution in [1.82, 2.24) is 4.81 Å². The minimum atomic E-state index is 0.0224. The number of hydrogen-bond acceptors (Lipinski definition) is 2. The molecular weight excluding hydrogens is 355 g/mol. The van der Waals surface area contributed by atoms with Crippen LogP contribution in [0.3, 0.4) is 0 Å². The second-order valence-electron chi connectivity index (χ2n) is 7.99. The van der Waals surface area contributed by atoms with Gasteiger partial charge in [0.05, 0.1) is 0 Å². The molecule has 2 aromatic carbocycles. The highest BCUT2D eigenvalue weighted by Gasteiger charge is 2.41. The van der Waals surface area contributed by atoms with E-state index in [1.165, 1.54) is 38.8 Å². The number of fused-ring (bicyclic) bond motifs is 3. The molecule has 0 saturated heterocycles. The van der Waals surface area contributed by atoms with Crippen molar-refractivity contribution in [2.75, 3.05) is 7.05 Å². The van der Waals surface area contributed by atoms with Crippen molar-refractivity contribution in [1.29, 1.82) is 0 Å². The lowest BCUT2D eigenvalue weighted by Gasteiger charge is -2.26. The van der Waals surface area contributed by atoms with Gasteiger partial charge in [-0.2, -0.15) is 0 Å². The summed E-state index contributed by atoms with van der Waals surface area (Å²) in [7, 11) is 4.25. The number of furan rings is 1. The average molecular weight is 379 g/mol. The largest absolute Gasteiger partial charge is 0.467 e. The Morgan fingerprint density at radius 3 is 2.48 bits per heavy atom. The van der Waals surface area contributed by atoms with E-state index in [9.17, 15) is 0 Å². The Labute approximate surface area is 172 Å². The molecule has 142 valence electrons. The predicted octanol–water partition coefficient (Wildman–Crippen LogP) is 3.64. The van der Waals surface area contributed by atoms with Crippen molar-refractivity contribution in [2.45, 2.75) is 13.8 Å². The summed E-state index contributed by atoms with van der Waals surface area (Å²) in [5, 5.41) is 1.19. The van der Waals surface area contributed by atoms with Gasteiger partial charge in [-0.1, -0.05) is 48.5 Å². The fraction of sp³-hybridized carbons (Fsp3) is 0.160. The van der Waals surface area contributed by atoms with Crippen molar-refractivity contribution in [3.05, 3.63) is 84.2 Å². The van der Waals surface area contributed by atoms with Crippen LogP contribution in [0.5, 0.6) is 0 Å². The molecule has 0 amide bonds. The molecule has 3 nitrogen and oxygen atoms in total. The molecule has 0 spiro atoms. The number of rotatable bonds is 2. The first-order valence-corrected chi connectivity index (χ1v) is 10.0. The number of hydrogen-bond donors (Lipinski definition) is 0. The van der Waals surface area contributed by atoms with Crippen LogP contribution in [-0.2, 0) is 7.05 Å². The van der Waals surface area contributed by atoms with Gasteiger partial charge in [-0.25, -0.2) is 4.57 Å². The average Bonchev–Trinajstić information content (AvgIpc) is 3.09. The van der Waals surface area contributed by atoms with Crippen molar-refractivity contribution < 1.29 is 8.98 Å². The van der Waals surface area contributed by atoms with E-state index >= 15 is 0 Å². The molecule has 1 aliphatic rings.